The minimum atomic E-state index is -3.64. The molecule has 114 valence electrons. The maximum atomic E-state index is 12.0. The van der Waals surface area contributed by atoms with Crippen LogP contribution < -0.4 is 4.72 Å². The number of carboxylic acids is 1. The number of sulfonamides is 1. The van der Waals surface area contributed by atoms with Crippen molar-refractivity contribution in [3.05, 3.63) is 12.4 Å². The predicted molar refractivity (Wildman–Crippen MR) is 70.8 cm³/mol. The first-order chi connectivity index (χ1) is 9.35. The molecule has 1 aromatic heterocycles. The fourth-order valence-electron chi connectivity index (χ4n) is 1.50. The van der Waals surface area contributed by atoms with Crippen molar-refractivity contribution in [2.75, 3.05) is 13.7 Å². The van der Waals surface area contributed by atoms with Crippen LogP contribution in [0.4, 0.5) is 0 Å². The molecule has 0 spiro atoms. The van der Waals surface area contributed by atoms with Gasteiger partial charge in [-0.3, -0.25) is 9.48 Å². The predicted octanol–water partition coefficient (Wildman–Crippen LogP) is 0.0611. The molecule has 0 radical (unpaired) electrons. The summed E-state index contributed by atoms with van der Waals surface area (Å²) in [7, 11) is -2.09. The molecular weight excluding hydrogens is 286 g/mol. The fourth-order valence-corrected chi connectivity index (χ4v) is 2.73. The SMILES string of the molecule is COCCC(C)NS(=O)(=O)c1cnn(CCC(=O)O)c1. The van der Waals surface area contributed by atoms with Crippen LogP contribution in [0.5, 0.6) is 0 Å². The third-order valence-electron chi connectivity index (χ3n) is 2.59. The maximum absolute atomic E-state index is 12.0. The van der Waals surface area contributed by atoms with E-state index in [-0.39, 0.29) is 23.9 Å². The van der Waals surface area contributed by atoms with E-state index in [1.807, 2.05) is 0 Å². The Morgan fingerprint density at radius 1 is 1.60 bits per heavy atom. The van der Waals surface area contributed by atoms with Crippen molar-refractivity contribution < 1.29 is 23.1 Å². The Bertz CT molecular complexity index is 540. The van der Waals surface area contributed by atoms with Gasteiger partial charge < -0.3 is 9.84 Å². The zero-order chi connectivity index (χ0) is 15.2. The molecule has 2 N–H and O–H groups in total. The highest BCUT2D eigenvalue weighted by molar-refractivity contribution is 7.89. The van der Waals surface area contributed by atoms with E-state index in [1.165, 1.54) is 17.1 Å². The number of hydrogen-bond acceptors (Lipinski definition) is 5. The van der Waals surface area contributed by atoms with Gasteiger partial charge in [0.2, 0.25) is 10.0 Å². The van der Waals surface area contributed by atoms with E-state index in [2.05, 4.69) is 9.82 Å². The molecule has 0 saturated heterocycles. The Morgan fingerprint density at radius 2 is 2.30 bits per heavy atom. The molecule has 0 fully saturated rings. The first-order valence-corrected chi connectivity index (χ1v) is 7.59. The molecule has 0 aliphatic carbocycles. The minimum Gasteiger partial charge on any atom is -0.481 e. The average molecular weight is 305 g/mol. The number of aromatic nitrogens is 2. The molecule has 1 aromatic rings. The number of aliphatic carboxylic acids is 1. The van der Waals surface area contributed by atoms with Crippen molar-refractivity contribution >= 4 is 16.0 Å². The van der Waals surface area contributed by atoms with Crippen molar-refractivity contribution in [1.82, 2.24) is 14.5 Å². The van der Waals surface area contributed by atoms with E-state index >= 15 is 0 Å². The maximum Gasteiger partial charge on any atom is 0.305 e. The second kappa shape index (κ2) is 7.36. The summed E-state index contributed by atoms with van der Waals surface area (Å²) >= 11 is 0. The molecule has 1 heterocycles. The highest BCUT2D eigenvalue weighted by Gasteiger charge is 2.19. The lowest BCUT2D eigenvalue weighted by molar-refractivity contribution is -0.137. The van der Waals surface area contributed by atoms with E-state index in [1.54, 1.807) is 14.0 Å². The second-order valence-electron chi connectivity index (χ2n) is 4.39. The summed E-state index contributed by atoms with van der Waals surface area (Å²) in [5.41, 5.74) is 0. The van der Waals surface area contributed by atoms with Gasteiger partial charge in [0.15, 0.2) is 0 Å². The van der Waals surface area contributed by atoms with Gasteiger partial charge in [-0.25, -0.2) is 13.1 Å². The van der Waals surface area contributed by atoms with Crippen LogP contribution in [0, 0.1) is 0 Å². The minimum absolute atomic E-state index is 0.0205. The van der Waals surface area contributed by atoms with Gasteiger partial charge >= 0.3 is 5.97 Å². The molecule has 0 bridgehead atoms. The molecule has 20 heavy (non-hydrogen) atoms. The van der Waals surface area contributed by atoms with Crippen LogP contribution >= 0.6 is 0 Å². The van der Waals surface area contributed by atoms with E-state index in [4.69, 9.17) is 9.84 Å². The smallest absolute Gasteiger partial charge is 0.305 e. The summed E-state index contributed by atoms with van der Waals surface area (Å²) < 4.78 is 32.8. The Morgan fingerprint density at radius 3 is 2.90 bits per heavy atom. The van der Waals surface area contributed by atoms with Crippen LogP contribution in [0.15, 0.2) is 17.3 Å². The summed E-state index contributed by atoms with van der Waals surface area (Å²) in [4.78, 5) is 10.5. The molecule has 9 heteroatoms. The lowest BCUT2D eigenvalue weighted by Crippen LogP contribution is -2.33. The van der Waals surface area contributed by atoms with Crippen LogP contribution in [0.2, 0.25) is 0 Å². The summed E-state index contributed by atoms with van der Waals surface area (Å²) in [6.45, 7) is 2.33. The van der Waals surface area contributed by atoms with Crippen molar-refractivity contribution in [3.63, 3.8) is 0 Å². The highest BCUT2D eigenvalue weighted by Crippen LogP contribution is 2.09. The van der Waals surface area contributed by atoms with E-state index in [0.717, 1.165) is 0 Å². The molecule has 0 aliphatic rings. The molecule has 0 aliphatic heterocycles. The first kappa shape index (κ1) is 16.6. The molecule has 8 nitrogen and oxygen atoms in total. The Kier molecular flexibility index (Phi) is 6.11. The zero-order valence-corrected chi connectivity index (χ0v) is 12.3. The largest absolute Gasteiger partial charge is 0.481 e. The lowest BCUT2D eigenvalue weighted by atomic mass is 10.3. The van der Waals surface area contributed by atoms with Gasteiger partial charge in [0.05, 0.1) is 19.2 Å². The number of nitrogens with zero attached hydrogens (tertiary/aromatic N) is 2. The second-order valence-corrected chi connectivity index (χ2v) is 6.10. The normalized spacial score (nSPS) is 13.3. The summed E-state index contributed by atoms with van der Waals surface area (Å²) in [6, 6.07) is -0.262. The molecular formula is C11H19N3O5S. The van der Waals surface area contributed by atoms with Gasteiger partial charge in [-0.15, -0.1) is 0 Å². The number of carbonyl (C=O) groups is 1. The zero-order valence-electron chi connectivity index (χ0n) is 11.4. The number of ether oxygens (including phenoxy) is 1. The third kappa shape index (κ3) is 5.27. The Hall–Kier alpha value is -1.45. The molecule has 0 amide bonds. The van der Waals surface area contributed by atoms with Crippen LogP contribution in [0.25, 0.3) is 0 Å². The number of hydrogen-bond donors (Lipinski definition) is 2. The van der Waals surface area contributed by atoms with Gasteiger partial charge in [-0.2, -0.15) is 5.10 Å². The summed E-state index contributed by atoms with van der Waals surface area (Å²) in [6.07, 6.45) is 2.96. The topological polar surface area (TPSA) is 111 Å². The highest BCUT2D eigenvalue weighted by atomic mass is 32.2. The van der Waals surface area contributed by atoms with Crippen molar-refractivity contribution in [2.24, 2.45) is 0 Å². The molecule has 1 atom stereocenters. The monoisotopic (exact) mass is 305 g/mol. The van der Waals surface area contributed by atoms with Crippen molar-refractivity contribution in [2.45, 2.75) is 37.2 Å². The van der Waals surface area contributed by atoms with Crippen LogP contribution in [-0.2, 0) is 26.1 Å². The fraction of sp³-hybridized carbons (Fsp3) is 0.636. The molecule has 0 aromatic carbocycles. The quantitative estimate of drug-likeness (QED) is 0.667. The first-order valence-electron chi connectivity index (χ1n) is 6.10. The molecule has 1 unspecified atom stereocenters. The average Bonchev–Trinajstić information content (AvgIpc) is 2.83. The van der Waals surface area contributed by atoms with Crippen LogP contribution in [0.3, 0.4) is 0 Å². The number of methoxy groups -OCH3 is 1. The van der Waals surface area contributed by atoms with Crippen LogP contribution in [-0.4, -0.2) is 49.0 Å². The van der Waals surface area contributed by atoms with Gasteiger partial charge in [-0.05, 0) is 13.3 Å². The Balaban J connectivity index is 2.65. The van der Waals surface area contributed by atoms with Gasteiger partial charge in [0.25, 0.3) is 0 Å². The number of aryl methyl sites for hydroxylation is 1. The van der Waals surface area contributed by atoms with E-state index in [9.17, 15) is 13.2 Å². The van der Waals surface area contributed by atoms with Crippen molar-refractivity contribution in [3.8, 4) is 0 Å². The third-order valence-corrected chi connectivity index (χ3v) is 4.13. The van der Waals surface area contributed by atoms with Gasteiger partial charge in [-0.1, -0.05) is 0 Å². The van der Waals surface area contributed by atoms with Crippen LogP contribution in [0.1, 0.15) is 19.8 Å². The lowest BCUT2D eigenvalue weighted by Gasteiger charge is -2.12. The number of carboxylic acid groups (broad SMARTS) is 1. The molecule has 1 rings (SSSR count). The standard InChI is InChI=1S/C11H19N3O5S/c1-9(4-6-19-2)13-20(17,18)10-7-12-14(8-10)5-3-11(15)16/h7-9,13H,3-6H2,1-2H3,(H,15,16). The molecule has 0 saturated carbocycles. The van der Waals surface area contributed by atoms with Gasteiger partial charge in [0, 0.05) is 26.0 Å². The summed E-state index contributed by atoms with van der Waals surface area (Å²) in [5, 5.41) is 12.4. The van der Waals surface area contributed by atoms with E-state index in [0.29, 0.717) is 13.0 Å². The van der Waals surface area contributed by atoms with Gasteiger partial charge in [0.1, 0.15) is 4.90 Å². The summed E-state index contributed by atoms with van der Waals surface area (Å²) in [5.74, 6) is -0.962. The Labute approximate surface area is 117 Å². The number of nitrogens with one attached hydrogen (secondary N) is 1. The van der Waals surface area contributed by atoms with Crippen molar-refractivity contribution in [1.29, 1.82) is 0 Å². The number of rotatable bonds is 9. The van der Waals surface area contributed by atoms with E-state index < -0.39 is 16.0 Å².